The average Bonchev–Trinajstić information content (AvgIpc) is 2.50. The maximum atomic E-state index is 12.9. The van der Waals surface area contributed by atoms with E-state index in [1.54, 1.807) is 24.3 Å². The van der Waals surface area contributed by atoms with Gasteiger partial charge < -0.3 is 4.74 Å². The number of nitrogens with zero attached hydrogens (tertiary/aromatic N) is 1. The number of ether oxygens (including phenoxy) is 1. The zero-order chi connectivity index (χ0) is 17.9. The Kier molecular flexibility index (Phi) is 5.75. The topological polar surface area (TPSA) is 63.7 Å². The highest BCUT2D eigenvalue weighted by Gasteiger charge is 2.25. The fourth-order valence-corrected chi connectivity index (χ4v) is 2.50. The molecule has 0 saturated carbocycles. The van der Waals surface area contributed by atoms with Gasteiger partial charge in [-0.1, -0.05) is 27.5 Å². The Morgan fingerprint density at radius 2 is 1.67 bits per heavy atom. The normalized spacial score (nSPS) is 10.2. The van der Waals surface area contributed by atoms with Crippen molar-refractivity contribution in [3.05, 3.63) is 57.5 Å². The quantitative estimate of drug-likeness (QED) is 0.561. The third kappa shape index (κ3) is 4.21. The lowest BCUT2D eigenvalue weighted by molar-refractivity contribution is -0.131. The molecule has 0 radical (unpaired) electrons. The minimum absolute atomic E-state index is 0.0239. The summed E-state index contributed by atoms with van der Waals surface area (Å²) in [5.74, 6) is -1.65. The van der Waals surface area contributed by atoms with E-state index in [9.17, 15) is 14.4 Å². The second kappa shape index (κ2) is 7.59. The van der Waals surface area contributed by atoms with Crippen molar-refractivity contribution in [1.82, 2.24) is 0 Å². The van der Waals surface area contributed by atoms with E-state index < -0.39 is 17.8 Å². The molecule has 0 saturated heterocycles. The molecule has 0 bridgehead atoms. The summed E-state index contributed by atoms with van der Waals surface area (Å²) in [5.41, 5.74) is 0.417. The third-order valence-corrected chi connectivity index (χ3v) is 3.79. The number of halogens is 2. The van der Waals surface area contributed by atoms with Crippen LogP contribution in [0, 0.1) is 0 Å². The number of carbonyl (C=O) groups excluding carboxylic acids is 3. The molecule has 2 amide bonds. The number of anilines is 1. The smallest absolute Gasteiger partial charge is 0.308 e. The number of esters is 1. The van der Waals surface area contributed by atoms with Gasteiger partial charge in [-0.25, -0.2) is 4.90 Å². The predicted molar refractivity (Wildman–Crippen MR) is 94.4 cm³/mol. The van der Waals surface area contributed by atoms with Gasteiger partial charge in [0.15, 0.2) is 0 Å². The van der Waals surface area contributed by atoms with Crippen LogP contribution in [-0.2, 0) is 9.59 Å². The molecule has 0 heterocycles. The van der Waals surface area contributed by atoms with Crippen LogP contribution < -0.4 is 9.64 Å². The summed E-state index contributed by atoms with van der Waals surface area (Å²) in [6.45, 7) is 2.50. The summed E-state index contributed by atoms with van der Waals surface area (Å²) in [6.07, 6.45) is 0. The number of hydrogen-bond acceptors (Lipinski definition) is 4. The fraction of sp³-hybridized carbons (Fsp3) is 0.118. The van der Waals surface area contributed by atoms with Gasteiger partial charge in [0.05, 0.1) is 11.3 Å². The monoisotopic (exact) mass is 409 g/mol. The van der Waals surface area contributed by atoms with Crippen LogP contribution >= 0.6 is 27.5 Å². The first-order chi connectivity index (χ1) is 11.3. The Morgan fingerprint density at radius 1 is 1.04 bits per heavy atom. The number of hydrogen-bond donors (Lipinski definition) is 0. The Morgan fingerprint density at radius 3 is 2.21 bits per heavy atom. The molecule has 124 valence electrons. The molecule has 0 atom stereocenters. The molecule has 0 fully saturated rings. The van der Waals surface area contributed by atoms with E-state index in [0.29, 0.717) is 5.69 Å². The molecule has 0 spiro atoms. The zero-order valence-electron chi connectivity index (χ0n) is 12.9. The first-order valence-corrected chi connectivity index (χ1v) is 8.05. The first kappa shape index (κ1) is 18.2. The van der Waals surface area contributed by atoms with Crippen molar-refractivity contribution in [1.29, 1.82) is 0 Å². The van der Waals surface area contributed by atoms with E-state index in [1.165, 1.54) is 32.0 Å². The van der Waals surface area contributed by atoms with E-state index in [1.807, 2.05) is 0 Å². The SMILES string of the molecule is CC(=O)Oc1ccc(Cl)cc1C(=O)N(C(C)=O)c1ccc(Br)cc1. The molecule has 0 aliphatic heterocycles. The van der Waals surface area contributed by atoms with Crippen molar-refractivity contribution in [3.63, 3.8) is 0 Å². The molecule has 0 aliphatic rings. The third-order valence-electron chi connectivity index (χ3n) is 3.03. The molecule has 0 aromatic heterocycles. The molecule has 0 aliphatic carbocycles. The van der Waals surface area contributed by atoms with Crippen LogP contribution in [0.15, 0.2) is 46.9 Å². The van der Waals surface area contributed by atoms with Gasteiger partial charge in [-0.2, -0.15) is 0 Å². The Bertz CT molecular complexity index is 805. The number of rotatable bonds is 3. The summed E-state index contributed by atoms with van der Waals surface area (Å²) >= 11 is 9.24. The van der Waals surface area contributed by atoms with Gasteiger partial charge in [-0.05, 0) is 42.5 Å². The van der Waals surface area contributed by atoms with Crippen molar-refractivity contribution in [2.75, 3.05) is 4.90 Å². The Balaban J connectivity index is 2.51. The lowest BCUT2D eigenvalue weighted by Crippen LogP contribution is -2.35. The summed E-state index contributed by atoms with van der Waals surface area (Å²) in [6, 6.07) is 10.9. The van der Waals surface area contributed by atoms with Crippen molar-refractivity contribution in [3.8, 4) is 5.75 Å². The minimum Gasteiger partial charge on any atom is -0.426 e. The van der Waals surface area contributed by atoms with Crippen molar-refractivity contribution in [2.24, 2.45) is 0 Å². The summed E-state index contributed by atoms with van der Waals surface area (Å²) in [5, 5.41) is 0.286. The van der Waals surface area contributed by atoms with Crippen LogP contribution in [0.1, 0.15) is 24.2 Å². The van der Waals surface area contributed by atoms with Gasteiger partial charge in [-0.3, -0.25) is 14.4 Å². The fourth-order valence-electron chi connectivity index (χ4n) is 2.07. The highest BCUT2D eigenvalue weighted by molar-refractivity contribution is 9.10. The second-order valence-electron chi connectivity index (χ2n) is 4.87. The van der Waals surface area contributed by atoms with Crippen LogP contribution in [0.3, 0.4) is 0 Å². The molecule has 5 nitrogen and oxygen atoms in total. The van der Waals surface area contributed by atoms with Crippen LogP contribution in [0.25, 0.3) is 0 Å². The van der Waals surface area contributed by atoms with Gasteiger partial charge in [0.2, 0.25) is 5.91 Å². The highest BCUT2D eigenvalue weighted by Crippen LogP contribution is 2.27. The molecule has 0 unspecified atom stereocenters. The van der Waals surface area contributed by atoms with Crippen molar-refractivity contribution < 1.29 is 19.1 Å². The molecule has 7 heteroatoms. The van der Waals surface area contributed by atoms with Crippen molar-refractivity contribution in [2.45, 2.75) is 13.8 Å². The number of imide groups is 1. The number of amides is 2. The molecular formula is C17H13BrClNO4. The number of carbonyl (C=O) groups is 3. The summed E-state index contributed by atoms with van der Waals surface area (Å²) < 4.78 is 5.85. The average molecular weight is 411 g/mol. The molecule has 2 rings (SSSR count). The Labute approximate surface area is 152 Å². The molecule has 2 aromatic carbocycles. The van der Waals surface area contributed by atoms with Gasteiger partial charge in [-0.15, -0.1) is 0 Å². The van der Waals surface area contributed by atoms with E-state index in [-0.39, 0.29) is 16.3 Å². The summed E-state index contributed by atoms with van der Waals surface area (Å²) in [4.78, 5) is 37.1. The Hall–Kier alpha value is -2.18. The zero-order valence-corrected chi connectivity index (χ0v) is 15.2. The van der Waals surface area contributed by atoms with Crippen LogP contribution in [0.2, 0.25) is 5.02 Å². The van der Waals surface area contributed by atoms with Gasteiger partial charge in [0.1, 0.15) is 5.75 Å². The number of benzene rings is 2. The minimum atomic E-state index is -0.636. The molecule has 0 N–H and O–H groups in total. The lowest BCUT2D eigenvalue weighted by Gasteiger charge is -2.20. The van der Waals surface area contributed by atoms with Crippen LogP contribution in [-0.4, -0.2) is 17.8 Å². The maximum Gasteiger partial charge on any atom is 0.308 e. The standard InChI is InChI=1S/C17H13BrClNO4/c1-10(21)20(14-6-3-12(18)4-7-14)17(23)15-9-13(19)5-8-16(15)24-11(2)22/h3-9H,1-2H3. The second-order valence-corrected chi connectivity index (χ2v) is 6.22. The van der Waals surface area contributed by atoms with Gasteiger partial charge >= 0.3 is 5.97 Å². The predicted octanol–water partition coefficient (Wildman–Crippen LogP) is 4.22. The summed E-state index contributed by atoms with van der Waals surface area (Å²) in [7, 11) is 0. The van der Waals surface area contributed by atoms with Gasteiger partial charge in [0.25, 0.3) is 5.91 Å². The van der Waals surface area contributed by atoms with Crippen LogP contribution in [0.4, 0.5) is 5.69 Å². The van der Waals surface area contributed by atoms with E-state index in [0.717, 1.165) is 9.37 Å². The first-order valence-electron chi connectivity index (χ1n) is 6.88. The molecular weight excluding hydrogens is 398 g/mol. The van der Waals surface area contributed by atoms with Gasteiger partial charge in [0, 0.05) is 23.3 Å². The maximum absolute atomic E-state index is 12.9. The lowest BCUT2D eigenvalue weighted by atomic mass is 10.1. The van der Waals surface area contributed by atoms with Crippen LogP contribution in [0.5, 0.6) is 5.75 Å². The molecule has 24 heavy (non-hydrogen) atoms. The molecule has 2 aromatic rings. The van der Waals surface area contributed by atoms with E-state index in [4.69, 9.17) is 16.3 Å². The largest absolute Gasteiger partial charge is 0.426 e. The highest BCUT2D eigenvalue weighted by atomic mass is 79.9. The van der Waals surface area contributed by atoms with E-state index >= 15 is 0 Å². The van der Waals surface area contributed by atoms with Crippen molar-refractivity contribution >= 4 is 51.0 Å². The van der Waals surface area contributed by atoms with E-state index in [2.05, 4.69) is 15.9 Å².